The molecule has 27 heavy (non-hydrogen) atoms. The van der Waals surface area contributed by atoms with Crippen molar-refractivity contribution >= 4 is 26.7 Å². The Bertz CT molecular complexity index is 889. The summed E-state index contributed by atoms with van der Waals surface area (Å²) >= 11 is 1.48. The second-order valence-corrected chi connectivity index (χ2v) is 7.83. The largest absolute Gasteiger partial charge is 0.360 e. The van der Waals surface area contributed by atoms with Crippen LogP contribution in [0.3, 0.4) is 0 Å². The molecule has 0 amide bonds. The van der Waals surface area contributed by atoms with Crippen molar-refractivity contribution in [2.24, 2.45) is 0 Å². The second kappa shape index (κ2) is 8.29. The Labute approximate surface area is 161 Å². The van der Waals surface area contributed by atoms with Crippen molar-refractivity contribution < 1.29 is 8.78 Å². The SMILES string of the molecule is Fc1ccc(CN2CCN(CCNc3nc4ccc(F)cc4s3)CC2)cc1. The van der Waals surface area contributed by atoms with Gasteiger partial charge < -0.3 is 5.32 Å². The van der Waals surface area contributed by atoms with Crippen LogP contribution in [-0.2, 0) is 6.54 Å². The lowest BCUT2D eigenvalue weighted by Gasteiger charge is -2.34. The molecule has 0 bridgehead atoms. The summed E-state index contributed by atoms with van der Waals surface area (Å²) in [4.78, 5) is 9.32. The van der Waals surface area contributed by atoms with Crippen LogP contribution in [0.25, 0.3) is 10.2 Å². The van der Waals surface area contributed by atoms with E-state index >= 15 is 0 Å². The van der Waals surface area contributed by atoms with Gasteiger partial charge in [-0.1, -0.05) is 23.5 Å². The summed E-state index contributed by atoms with van der Waals surface area (Å²) in [6.07, 6.45) is 0. The first-order chi connectivity index (χ1) is 13.2. The summed E-state index contributed by atoms with van der Waals surface area (Å²) in [5.41, 5.74) is 1.98. The van der Waals surface area contributed by atoms with Gasteiger partial charge in [0.05, 0.1) is 10.2 Å². The molecule has 1 aliphatic rings. The van der Waals surface area contributed by atoms with Gasteiger partial charge in [-0.25, -0.2) is 13.8 Å². The van der Waals surface area contributed by atoms with Crippen LogP contribution in [0.5, 0.6) is 0 Å². The van der Waals surface area contributed by atoms with Crippen LogP contribution in [0.15, 0.2) is 42.5 Å². The summed E-state index contributed by atoms with van der Waals surface area (Å²) in [6.45, 7) is 6.71. The van der Waals surface area contributed by atoms with Crippen LogP contribution in [0.1, 0.15) is 5.56 Å². The van der Waals surface area contributed by atoms with Gasteiger partial charge in [-0.2, -0.15) is 0 Å². The first-order valence-corrected chi connectivity index (χ1v) is 9.96. The zero-order valence-electron chi connectivity index (χ0n) is 15.0. The lowest BCUT2D eigenvalue weighted by atomic mass is 10.2. The van der Waals surface area contributed by atoms with E-state index in [-0.39, 0.29) is 11.6 Å². The van der Waals surface area contributed by atoms with E-state index in [9.17, 15) is 8.78 Å². The average Bonchev–Trinajstić information content (AvgIpc) is 3.07. The molecule has 1 N–H and O–H groups in total. The normalized spacial score (nSPS) is 16.1. The van der Waals surface area contributed by atoms with Crippen LogP contribution < -0.4 is 5.32 Å². The number of anilines is 1. The Morgan fingerprint density at radius 2 is 1.63 bits per heavy atom. The number of nitrogens with one attached hydrogen (secondary N) is 1. The maximum Gasteiger partial charge on any atom is 0.183 e. The van der Waals surface area contributed by atoms with Crippen molar-refractivity contribution in [1.29, 1.82) is 0 Å². The lowest BCUT2D eigenvalue weighted by molar-refractivity contribution is 0.130. The summed E-state index contributed by atoms with van der Waals surface area (Å²) in [5.74, 6) is -0.412. The first kappa shape index (κ1) is 18.3. The zero-order valence-corrected chi connectivity index (χ0v) is 15.8. The lowest BCUT2D eigenvalue weighted by Crippen LogP contribution is -2.47. The van der Waals surface area contributed by atoms with Gasteiger partial charge in [0.1, 0.15) is 11.6 Å². The van der Waals surface area contributed by atoms with Crippen molar-refractivity contribution in [3.63, 3.8) is 0 Å². The van der Waals surface area contributed by atoms with Gasteiger partial charge in [0.2, 0.25) is 0 Å². The van der Waals surface area contributed by atoms with Gasteiger partial charge in [-0.15, -0.1) is 0 Å². The highest BCUT2D eigenvalue weighted by Crippen LogP contribution is 2.26. The quantitative estimate of drug-likeness (QED) is 0.696. The molecule has 0 spiro atoms. The minimum absolute atomic E-state index is 0.186. The smallest absolute Gasteiger partial charge is 0.183 e. The Morgan fingerprint density at radius 3 is 2.41 bits per heavy atom. The van der Waals surface area contributed by atoms with Crippen LogP contribution in [0.2, 0.25) is 0 Å². The van der Waals surface area contributed by atoms with Gasteiger partial charge in [-0.05, 0) is 35.9 Å². The summed E-state index contributed by atoms with van der Waals surface area (Å²) in [7, 11) is 0. The van der Waals surface area contributed by atoms with Crippen molar-refractivity contribution in [3.05, 3.63) is 59.7 Å². The maximum absolute atomic E-state index is 13.3. The molecule has 1 aromatic heterocycles. The average molecular weight is 388 g/mol. The number of aromatic nitrogens is 1. The Kier molecular flexibility index (Phi) is 5.61. The molecule has 0 unspecified atom stereocenters. The fourth-order valence-corrected chi connectivity index (χ4v) is 4.23. The number of piperazine rings is 1. The van der Waals surface area contributed by atoms with E-state index in [0.29, 0.717) is 0 Å². The molecule has 1 aliphatic heterocycles. The summed E-state index contributed by atoms with van der Waals surface area (Å²) in [5, 5.41) is 4.19. The molecule has 0 atom stereocenters. The summed E-state index contributed by atoms with van der Waals surface area (Å²) in [6, 6.07) is 11.4. The van der Waals surface area contributed by atoms with E-state index in [4.69, 9.17) is 0 Å². The van der Waals surface area contributed by atoms with E-state index in [2.05, 4.69) is 20.1 Å². The van der Waals surface area contributed by atoms with Gasteiger partial charge in [0, 0.05) is 45.8 Å². The van der Waals surface area contributed by atoms with Crippen LogP contribution in [0.4, 0.5) is 13.9 Å². The molecule has 1 fully saturated rings. The Hall–Kier alpha value is -2.09. The Morgan fingerprint density at radius 1 is 0.926 bits per heavy atom. The molecule has 4 nitrogen and oxygen atoms in total. The predicted octanol–water partition coefficient (Wildman–Crippen LogP) is 3.80. The maximum atomic E-state index is 13.3. The number of hydrogen-bond acceptors (Lipinski definition) is 5. The molecule has 7 heteroatoms. The minimum atomic E-state index is -0.226. The monoisotopic (exact) mass is 388 g/mol. The van der Waals surface area contributed by atoms with E-state index in [1.165, 1.54) is 35.6 Å². The van der Waals surface area contributed by atoms with Crippen LogP contribution >= 0.6 is 11.3 Å². The number of hydrogen-bond donors (Lipinski definition) is 1. The van der Waals surface area contributed by atoms with E-state index in [1.54, 1.807) is 6.07 Å². The molecule has 2 aromatic carbocycles. The zero-order chi connectivity index (χ0) is 18.6. The van der Waals surface area contributed by atoms with Gasteiger partial charge >= 0.3 is 0 Å². The van der Waals surface area contributed by atoms with Gasteiger partial charge in [0.15, 0.2) is 5.13 Å². The number of benzene rings is 2. The third kappa shape index (κ3) is 4.80. The van der Waals surface area contributed by atoms with Crippen molar-refractivity contribution in [3.8, 4) is 0 Å². The van der Waals surface area contributed by atoms with E-state index in [0.717, 1.165) is 66.7 Å². The van der Waals surface area contributed by atoms with Crippen molar-refractivity contribution in [2.75, 3.05) is 44.6 Å². The van der Waals surface area contributed by atoms with Gasteiger partial charge in [-0.3, -0.25) is 9.80 Å². The Balaban J connectivity index is 1.20. The topological polar surface area (TPSA) is 31.4 Å². The highest BCUT2D eigenvalue weighted by atomic mass is 32.1. The highest BCUT2D eigenvalue weighted by Gasteiger charge is 2.16. The molecule has 3 aromatic rings. The molecule has 2 heterocycles. The number of fused-ring (bicyclic) bond motifs is 1. The highest BCUT2D eigenvalue weighted by molar-refractivity contribution is 7.22. The van der Waals surface area contributed by atoms with Crippen molar-refractivity contribution in [1.82, 2.24) is 14.8 Å². The van der Waals surface area contributed by atoms with E-state index < -0.39 is 0 Å². The van der Waals surface area contributed by atoms with Crippen LogP contribution in [-0.4, -0.2) is 54.1 Å². The number of halogens is 2. The van der Waals surface area contributed by atoms with Gasteiger partial charge in [0.25, 0.3) is 0 Å². The van der Waals surface area contributed by atoms with Crippen LogP contribution in [0, 0.1) is 11.6 Å². The summed E-state index contributed by atoms with van der Waals surface area (Å²) < 4.78 is 27.1. The van der Waals surface area contributed by atoms with E-state index in [1.807, 2.05) is 12.1 Å². The second-order valence-electron chi connectivity index (χ2n) is 6.80. The number of nitrogens with zero attached hydrogens (tertiary/aromatic N) is 3. The molecule has 0 saturated carbocycles. The molecule has 4 rings (SSSR count). The molecule has 1 saturated heterocycles. The molecular weight excluding hydrogens is 366 g/mol. The van der Waals surface area contributed by atoms with Crippen molar-refractivity contribution in [2.45, 2.75) is 6.54 Å². The number of thiazole rings is 1. The molecular formula is C20H22F2N4S. The third-order valence-electron chi connectivity index (χ3n) is 4.84. The fraction of sp³-hybridized carbons (Fsp3) is 0.350. The predicted molar refractivity (Wildman–Crippen MR) is 106 cm³/mol. The third-order valence-corrected chi connectivity index (χ3v) is 5.81. The molecule has 0 radical (unpaired) electrons. The number of rotatable bonds is 6. The standard InChI is InChI=1S/C20H22F2N4S/c21-16-3-1-15(2-4-16)14-26-11-9-25(10-12-26)8-7-23-20-24-18-6-5-17(22)13-19(18)27-20/h1-6,13H,7-12,14H2,(H,23,24). The fourth-order valence-electron chi connectivity index (χ4n) is 3.31. The first-order valence-electron chi connectivity index (χ1n) is 9.15. The minimum Gasteiger partial charge on any atom is -0.360 e. The molecule has 142 valence electrons. The molecule has 0 aliphatic carbocycles.